The zero-order valence-electron chi connectivity index (χ0n) is 22.9. The van der Waals surface area contributed by atoms with E-state index in [4.69, 9.17) is 4.74 Å². The van der Waals surface area contributed by atoms with Crippen LogP contribution < -0.4 is 14.8 Å². The van der Waals surface area contributed by atoms with Gasteiger partial charge in [-0.05, 0) is 79.4 Å². The summed E-state index contributed by atoms with van der Waals surface area (Å²) >= 11 is 0. The number of hydrogen-bond acceptors (Lipinski definition) is 6. The summed E-state index contributed by atoms with van der Waals surface area (Å²) in [4.78, 5) is 19.9. The van der Waals surface area contributed by atoms with Crippen molar-refractivity contribution in [2.24, 2.45) is 5.92 Å². The third-order valence-corrected chi connectivity index (χ3v) is 7.78. The molecule has 1 amide bonds. The van der Waals surface area contributed by atoms with E-state index in [0.29, 0.717) is 28.8 Å². The predicted octanol–water partition coefficient (Wildman–Crippen LogP) is 5.63. The van der Waals surface area contributed by atoms with Crippen molar-refractivity contribution in [2.45, 2.75) is 25.4 Å². The first kappa shape index (κ1) is 28.3. The highest BCUT2D eigenvalue weighted by molar-refractivity contribution is 7.92. The molecule has 0 saturated carbocycles. The van der Waals surface area contributed by atoms with Gasteiger partial charge in [-0.2, -0.15) is 0 Å². The van der Waals surface area contributed by atoms with Crippen LogP contribution >= 0.6 is 0 Å². The third kappa shape index (κ3) is 8.15. The van der Waals surface area contributed by atoms with Crippen molar-refractivity contribution in [2.75, 3.05) is 24.1 Å². The molecule has 3 aromatic carbocycles. The Morgan fingerprint density at radius 3 is 2.20 bits per heavy atom. The van der Waals surface area contributed by atoms with Gasteiger partial charge in [0.2, 0.25) is 15.9 Å². The number of rotatable bonds is 10. The second-order valence-corrected chi connectivity index (χ2v) is 12.1. The molecule has 1 unspecified atom stereocenters. The number of benzene rings is 3. The van der Waals surface area contributed by atoms with Gasteiger partial charge in [-0.15, -0.1) is 0 Å². The molecular weight excluding hydrogens is 536 g/mol. The fraction of sp³-hybridized carbons (Fsp3) is 0.250. The van der Waals surface area contributed by atoms with Gasteiger partial charge >= 0.3 is 0 Å². The van der Waals surface area contributed by atoms with Crippen molar-refractivity contribution in [3.63, 3.8) is 0 Å². The molecule has 4 aromatic rings. The standard InChI is InChI=1S/C32H34N4O4S/c1-41(38,39)35-28-13-15-29(16-14-28)40-30-17-12-24(22-33-30)23-36-20-18-26(19-21-36)31(25-8-4-2-5-9-25)34-32(37)27-10-6-3-7-11-27/h2-17,22,26,31,35H,18-21,23H2,1H3,(H,34,37). The molecule has 0 aliphatic carbocycles. The Kier molecular flexibility index (Phi) is 8.96. The predicted molar refractivity (Wildman–Crippen MR) is 160 cm³/mol. The maximum absolute atomic E-state index is 13.0. The van der Waals surface area contributed by atoms with E-state index in [-0.39, 0.29) is 11.9 Å². The van der Waals surface area contributed by atoms with E-state index in [0.717, 1.165) is 49.9 Å². The SMILES string of the molecule is CS(=O)(=O)Nc1ccc(Oc2ccc(CN3CCC(C(NC(=O)c4ccccc4)c4ccccc4)CC3)cn2)cc1. The first-order chi connectivity index (χ1) is 19.8. The van der Waals surface area contributed by atoms with Gasteiger partial charge in [0, 0.05) is 30.1 Å². The number of amides is 1. The lowest BCUT2D eigenvalue weighted by atomic mass is 9.85. The lowest BCUT2D eigenvalue weighted by Crippen LogP contribution is -2.40. The smallest absolute Gasteiger partial charge is 0.251 e. The van der Waals surface area contributed by atoms with Gasteiger partial charge < -0.3 is 10.1 Å². The molecule has 1 aliphatic heterocycles. The number of carbonyl (C=O) groups excluding carboxylic acids is 1. The fourth-order valence-corrected chi connectivity index (χ4v) is 5.71. The molecule has 1 aliphatic rings. The number of likely N-dealkylation sites (tertiary alicyclic amines) is 1. The van der Waals surface area contributed by atoms with Crippen LogP contribution in [0.1, 0.15) is 40.4 Å². The van der Waals surface area contributed by atoms with Crippen molar-refractivity contribution in [1.29, 1.82) is 0 Å². The molecule has 9 heteroatoms. The number of hydrogen-bond donors (Lipinski definition) is 2. The number of aromatic nitrogens is 1. The van der Waals surface area contributed by atoms with Crippen molar-refractivity contribution in [3.8, 4) is 11.6 Å². The van der Waals surface area contributed by atoms with E-state index in [1.54, 1.807) is 24.3 Å². The zero-order valence-corrected chi connectivity index (χ0v) is 23.8. The summed E-state index contributed by atoms with van der Waals surface area (Å²) in [5, 5.41) is 3.31. The highest BCUT2D eigenvalue weighted by atomic mass is 32.2. The lowest BCUT2D eigenvalue weighted by Gasteiger charge is -2.36. The summed E-state index contributed by atoms with van der Waals surface area (Å²) in [7, 11) is -3.33. The average molecular weight is 571 g/mol. The summed E-state index contributed by atoms with van der Waals surface area (Å²) in [5.74, 6) is 1.33. The normalized spacial score (nSPS) is 15.1. The summed E-state index contributed by atoms with van der Waals surface area (Å²) in [5.41, 5.74) is 3.38. The van der Waals surface area contributed by atoms with Gasteiger partial charge in [-0.3, -0.25) is 14.4 Å². The van der Waals surface area contributed by atoms with Crippen LogP contribution in [0.3, 0.4) is 0 Å². The zero-order chi connectivity index (χ0) is 28.7. The minimum absolute atomic E-state index is 0.0413. The van der Waals surface area contributed by atoms with E-state index in [1.807, 2.05) is 66.9 Å². The Bertz CT molecular complexity index is 1520. The lowest BCUT2D eigenvalue weighted by molar-refractivity contribution is 0.0890. The molecule has 0 bridgehead atoms. The Labute approximate surface area is 241 Å². The molecule has 8 nitrogen and oxygen atoms in total. The van der Waals surface area contributed by atoms with Crippen molar-refractivity contribution >= 4 is 21.6 Å². The van der Waals surface area contributed by atoms with Gasteiger partial charge in [0.05, 0.1) is 12.3 Å². The maximum atomic E-state index is 13.0. The van der Waals surface area contributed by atoms with Crippen molar-refractivity contribution in [3.05, 3.63) is 120 Å². The number of carbonyl (C=O) groups is 1. The van der Waals surface area contributed by atoms with Gasteiger partial charge in [-0.25, -0.2) is 13.4 Å². The van der Waals surface area contributed by atoms with E-state index in [1.165, 1.54) is 0 Å². The van der Waals surface area contributed by atoms with Crippen LogP contribution in [0.25, 0.3) is 0 Å². The minimum atomic E-state index is -3.33. The number of piperidine rings is 1. The second kappa shape index (κ2) is 13.0. The molecule has 0 radical (unpaired) electrons. The van der Waals surface area contributed by atoms with Crippen LogP contribution in [-0.4, -0.2) is 43.6 Å². The van der Waals surface area contributed by atoms with Crippen LogP contribution in [0.5, 0.6) is 11.6 Å². The molecule has 2 heterocycles. The number of ether oxygens (including phenoxy) is 1. The van der Waals surface area contributed by atoms with Crippen molar-refractivity contribution in [1.82, 2.24) is 15.2 Å². The third-order valence-electron chi connectivity index (χ3n) is 7.17. The highest BCUT2D eigenvalue weighted by Crippen LogP contribution is 2.32. The number of sulfonamides is 1. The molecule has 1 aromatic heterocycles. The Morgan fingerprint density at radius 2 is 1.59 bits per heavy atom. The summed E-state index contributed by atoms with van der Waals surface area (Å²) in [6.07, 6.45) is 4.90. The Morgan fingerprint density at radius 1 is 0.927 bits per heavy atom. The van der Waals surface area contributed by atoms with Gasteiger partial charge in [0.15, 0.2) is 0 Å². The minimum Gasteiger partial charge on any atom is -0.439 e. The van der Waals surface area contributed by atoms with Crippen LogP contribution in [-0.2, 0) is 16.6 Å². The molecule has 2 N–H and O–H groups in total. The monoisotopic (exact) mass is 570 g/mol. The largest absolute Gasteiger partial charge is 0.439 e. The first-order valence-electron chi connectivity index (χ1n) is 13.7. The second-order valence-electron chi connectivity index (χ2n) is 10.3. The molecule has 41 heavy (non-hydrogen) atoms. The van der Waals surface area contributed by atoms with Crippen molar-refractivity contribution < 1.29 is 17.9 Å². The quantitative estimate of drug-likeness (QED) is 0.256. The number of nitrogens with one attached hydrogen (secondary N) is 2. The van der Waals surface area contributed by atoms with E-state index in [2.05, 4.69) is 32.1 Å². The molecule has 1 saturated heterocycles. The van der Waals surface area contributed by atoms with Crippen LogP contribution in [0.15, 0.2) is 103 Å². The number of anilines is 1. The Hall–Kier alpha value is -4.21. The Balaban J connectivity index is 1.15. The molecule has 1 atom stereocenters. The van der Waals surface area contributed by atoms with Gasteiger partial charge in [0.25, 0.3) is 5.91 Å². The molecule has 0 spiro atoms. The fourth-order valence-electron chi connectivity index (χ4n) is 5.14. The number of pyridine rings is 1. The van der Waals surface area contributed by atoms with Gasteiger partial charge in [-0.1, -0.05) is 54.6 Å². The molecule has 212 valence electrons. The molecule has 1 fully saturated rings. The topological polar surface area (TPSA) is 101 Å². The summed E-state index contributed by atoms with van der Waals surface area (Å²) < 4.78 is 31.0. The van der Waals surface area contributed by atoms with E-state index in [9.17, 15) is 13.2 Å². The summed E-state index contributed by atoms with van der Waals surface area (Å²) in [6.45, 7) is 2.65. The van der Waals surface area contributed by atoms with E-state index < -0.39 is 10.0 Å². The molecule has 5 rings (SSSR count). The van der Waals surface area contributed by atoms with Crippen LogP contribution in [0.2, 0.25) is 0 Å². The average Bonchev–Trinajstić information content (AvgIpc) is 2.98. The number of nitrogens with zero attached hydrogens (tertiary/aromatic N) is 2. The van der Waals surface area contributed by atoms with E-state index >= 15 is 0 Å². The van der Waals surface area contributed by atoms with Crippen LogP contribution in [0, 0.1) is 5.92 Å². The van der Waals surface area contributed by atoms with Crippen LogP contribution in [0.4, 0.5) is 5.69 Å². The maximum Gasteiger partial charge on any atom is 0.251 e. The molecular formula is C32H34N4O4S. The first-order valence-corrected chi connectivity index (χ1v) is 15.6. The van der Waals surface area contributed by atoms with Gasteiger partial charge in [0.1, 0.15) is 5.75 Å². The highest BCUT2D eigenvalue weighted by Gasteiger charge is 2.29. The summed E-state index contributed by atoms with van der Waals surface area (Å²) in [6, 6.07) is 30.1.